The van der Waals surface area contributed by atoms with Gasteiger partial charge in [0, 0.05) is 26.4 Å². The summed E-state index contributed by atoms with van der Waals surface area (Å²) in [6, 6.07) is 0. The molecule has 0 aliphatic heterocycles. The molecule has 1 N–H and O–H groups in total. The second-order valence-corrected chi connectivity index (χ2v) is 7.20. The van der Waals surface area contributed by atoms with Gasteiger partial charge in [-0.25, -0.2) is 0 Å². The number of hydrogen-bond donors (Lipinski definition) is 1. The predicted molar refractivity (Wildman–Crippen MR) is 129 cm³/mol. The van der Waals surface area contributed by atoms with E-state index in [4.69, 9.17) is 24.1 Å². The summed E-state index contributed by atoms with van der Waals surface area (Å²) < 4.78 is 19.0. The van der Waals surface area contributed by atoms with Crippen molar-refractivity contribution in [2.24, 2.45) is 0 Å². The summed E-state index contributed by atoms with van der Waals surface area (Å²) in [6.45, 7) is 17.0. The Morgan fingerprint density at radius 1 is 0.515 bits per heavy atom. The van der Waals surface area contributed by atoms with Gasteiger partial charge in [-0.1, -0.05) is 74.1 Å². The Hall–Kier alpha value is 0.212. The molecule has 0 fully saturated rings. The molecule has 0 radical (unpaired) electrons. The number of rotatable bonds is 16. The summed E-state index contributed by atoms with van der Waals surface area (Å²) in [5, 5.41) is 39.1. The van der Waals surface area contributed by atoms with Gasteiger partial charge in [-0.15, -0.1) is 0 Å². The van der Waals surface area contributed by atoms with Gasteiger partial charge >= 0.3 is 17.4 Å². The summed E-state index contributed by atoms with van der Waals surface area (Å²) in [4.78, 5) is 0. The minimum Gasteiger partial charge on any atom is -0.831 e. The molecule has 8 nitrogen and oxygen atoms in total. The maximum absolute atomic E-state index is 10.2. The zero-order valence-corrected chi connectivity index (χ0v) is 23.8. The van der Waals surface area contributed by atoms with Crippen molar-refractivity contribution in [3.8, 4) is 0 Å². The van der Waals surface area contributed by atoms with E-state index in [0.717, 1.165) is 51.4 Å². The van der Waals surface area contributed by atoms with Crippen molar-refractivity contribution in [2.45, 2.75) is 132 Å². The van der Waals surface area contributed by atoms with Gasteiger partial charge in [0.1, 0.15) is 0 Å². The molecule has 0 rings (SSSR count). The first-order valence-corrected chi connectivity index (χ1v) is 12.2. The standard InChI is InChI=1S/C6H14O2.3C6H13O2.Al/c4*1-3-4-5-8-6(2)7;/h6-7H,3-5H2,1-2H3;3*6H,3-5H2,1-2H3;/q;3*-1;+3. The summed E-state index contributed by atoms with van der Waals surface area (Å²) in [6.07, 6.45) is 5.27. The summed E-state index contributed by atoms with van der Waals surface area (Å²) in [7, 11) is 0. The molecule has 0 spiro atoms. The van der Waals surface area contributed by atoms with Crippen LogP contribution in [0.4, 0.5) is 0 Å². The molecule has 0 aromatic heterocycles. The largest absolute Gasteiger partial charge is 3.00 e. The second-order valence-electron chi connectivity index (χ2n) is 7.20. The van der Waals surface area contributed by atoms with Crippen LogP contribution in [0.25, 0.3) is 0 Å². The molecule has 0 amide bonds. The fraction of sp³-hybridized carbons (Fsp3) is 1.00. The number of ether oxygens (including phenoxy) is 4. The minimum absolute atomic E-state index is 0. The summed E-state index contributed by atoms with van der Waals surface area (Å²) >= 11 is 0. The van der Waals surface area contributed by atoms with Crippen LogP contribution in [-0.4, -0.2) is 74.1 Å². The van der Waals surface area contributed by atoms with E-state index in [0.29, 0.717) is 26.4 Å². The van der Waals surface area contributed by atoms with Crippen molar-refractivity contribution in [3.63, 3.8) is 0 Å². The van der Waals surface area contributed by atoms with E-state index in [-0.39, 0.29) is 17.4 Å². The molecule has 200 valence electrons. The Morgan fingerprint density at radius 2 is 0.727 bits per heavy atom. The molecule has 33 heavy (non-hydrogen) atoms. The van der Waals surface area contributed by atoms with Gasteiger partial charge in [0.2, 0.25) is 0 Å². The van der Waals surface area contributed by atoms with Crippen molar-refractivity contribution < 1.29 is 39.4 Å². The normalized spacial score (nSPS) is 13.5. The Balaban J connectivity index is -0.000000105. The molecule has 0 saturated carbocycles. The topological polar surface area (TPSA) is 126 Å². The molecule has 0 heterocycles. The van der Waals surface area contributed by atoms with Crippen LogP contribution >= 0.6 is 0 Å². The second kappa shape index (κ2) is 39.4. The van der Waals surface area contributed by atoms with Gasteiger partial charge in [0.25, 0.3) is 0 Å². The van der Waals surface area contributed by atoms with Crippen LogP contribution in [0.1, 0.15) is 107 Å². The maximum Gasteiger partial charge on any atom is 3.00 e. The van der Waals surface area contributed by atoms with E-state index in [9.17, 15) is 15.3 Å². The third-order valence-corrected chi connectivity index (χ3v) is 3.41. The van der Waals surface area contributed by atoms with Crippen LogP contribution < -0.4 is 15.3 Å². The molecule has 9 heteroatoms. The van der Waals surface area contributed by atoms with Crippen molar-refractivity contribution in [1.29, 1.82) is 0 Å². The molecule has 0 aromatic rings. The Morgan fingerprint density at radius 3 is 0.879 bits per heavy atom. The van der Waals surface area contributed by atoms with E-state index in [2.05, 4.69) is 27.7 Å². The third-order valence-electron chi connectivity index (χ3n) is 3.41. The first-order chi connectivity index (χ1) is 15.1. The van der Waals surface area contributed by atoms with E-state index in [1.165, 1.54) is 20.8 Å². The third kappa shape index (κ3) is 72.0. The van der Waals surface area contributed by atoms with E-state index < -0.39 is 25.2 Å². The Labute approximate surface area is 215 Å². The maximum atomic E-state index is 10.2. The van der Waals surface area contributed by atoms with Crippen LogP contribution in [0.15, 0.2) is 0 Å². The number of hydrogen-bond acceptors (Lipinski definition) is 8. The van der Waals surface area contributed by atoms with Crippen molar-refractivity contribution in [3.05, 3.63) is 0 Å². The van der Waals surface area contributed by atoms with Gasteiger partial charge in [0.15, 0.2) is 6.29 Å². The molecule has 0 saturated heterocycles. The van der Waals surface area contributed by atoms with Crippen LogP contribution in [0, 0.1) is 0 Å². The molecular weight excluding hydrogens is 443 g/mol. The van der Waals surface area contributed by atoms with Crippen molar-refractivity contribution in [1.82, 2.24) is 0 Å². The quantitative estimate of drug-likeness (QED) is 0.196. The summed E-state index contributed by atoms with van der Waals surface area (Å²) in [5.41, 5.74) is 0. The van der Waals surface area contributed by atoms with Crippen molar-refractivity contribution in [2.75, 3.05) is 26.4 Å². The summed E-state index contributed by atoms with van der Waals surface area (Å²) in [5.74, 6) is 0. The van der Waals surface area contributed by atoms with Crippen LogP contribution in [-0.2, 0) is 18.9 Å². The first kappa shape index (κ1) is 43.3. The monoisotopic (exact) mass is 496 g/mol. The average Bonchev–Trinajstić information content (AvgIpc) is 2.69. The van der Waals surface area contributed by atoms with E-state index in [1.807, 2.05) is 0 Å². The Kier molecular flexibility index (Phi) is 51.7. The van der Waals surface area contributed by atoms with Gasteiger partial charge in [0.05, 0.1) is 0 Å². The number of aliphatic hydroxyl groups excluding tert-OH is 1. The Bertz CT molecular complexity index is 238. The average molecular weight is 497 g/mol. The van der Waals surface area contributed by atoms with Gasteiger partial charge in [-0.2, -0.15) is 0 Å². The molecule has 0 aliphatic carbocycles. The fourth-order valence-corrected chi connectivity index (χ4v) is 1.58. The predicted octanol–water partition coefficient (Wildman–Crippen LogP) is 2.29. The molecule has 4 unspecified atom stereocenters. The van der Waals surface area contributed by atoms with E-state index in [1.54, 1.807) is 6.92 Å². The molecule has 0 aliphatic rings. The first-order valence-electron chi connectivity index (χ1n) is 12.2. The number of unbranched alkanes of at least 4 members (excludes halogenated alkanes) is 4. The zero-order valence-electron chi connectivity index (χ0n) is 22.7. The molecule has 4 atom stereocenters. The molecular formula is C24H53AlO8. The van der Waals surface area contributed by atoms with Crippen LogP contribution in [0.2, 0.25) is 0 Å². The SMILES string of the molecule is CCCCOC(C)O.CCCCOC(C)[O-].CCCCOC(C)[O-].CCCCOC(C)[O-].[Al+3]. The smallest absolute Gasteiger partial charge is 0.831 e. The minimum atomic E-state index is -0.846. The van der Waals surface area contributed by atoms with Gasteiger partial charge in [-0.3, -0.25) is 0 Å². The fourth-order valence-electron chi connectivity index (χ4n) is 1.58. The van der Waals surface area contributed by atoms with Crippen LogP contribution in [0.3, 0.4) is 0 Å². The van der Waals surface area contributed by atoms with Gasteiger partial charge in [-0.05, 0) is 51.5 Å². The van der Waals surface area contributed by atoms with Crippen LogP contribution in [0.5, 0.6) is 0 Å². The molecule has 0 bridgehead atoms. The zero-order chi connectivity index (χ0) is 25.6. The molecule has 0 aromatic carbocycles. The van der Waals surface area contributed by atoms with E-state index >= 15 is 0 Å². The number of aliphatic hydroxyl groups is 1. The van der Waals surface area contributed by atoms with Crippen molar-refractivity contribution >= 4 is 17.4 Å². The van der Waals surface area contributed by atoms with Gasteiger partial charge < -0.3 is 39.4 Å².